The Kier molecular flexibility index (Phi) is 8.90. The third kappa shape index (κ3) is 5.81. The monoisotopic (exact) mass is 624 g/mol. The van der Waals surface area contributed by atoms with Gasteiger partial charge >= 0.3 is 5.69 Å². The Morgan fingerprint density at radius 3 is 2.60 bits per heavy atom. The number of rotatable bonds is 10. The SMILES string of the molecule is CCCCn1c(=O)c2[nH]c(-c3ccc(N(CC4CCCS4)C(=O)c4ccc(Br)nc4)nc3)cc2n(CCC)c1=O. The number of hydrogen-bond donors (Lipinski definition) is 1. The topological polar surface area (TPSA) is 106 Å². The molecule has 1 aliphatic heterocycles. The first kappa shape index (κ1) is 28.4. The number of carbonyl (C=O) groups excluding carboxylic acids is 1. The van der Waals surface area contributed by atoms with Gasteiger partial charge in [0.2, 0.25) is 0 Å². The van der Waals surface area contributed by atoms with Gasteiger partial charge in [-0.2, -0.15) is 11.8 Å². The van der Waals surface area contributed by atoms with E-state index >= 15 is 0 Å². The zero-order valence-corrected chi connectivity index (χ0v) is 25.1. The number of nitrogens with one attached hydrogen (secondary N) is 1. The van der Waals surface area contributed by atoms with Gasteiger partial charge < -0.3 is 4.98 Å². The Morgan fingerprint density at radius 2 is 1.95 bits per heavy atom. The maximum Gasteiger partial charge on any atom is 0.331 e. The van der Waals surface area contributed by atoms with Crippen LogP contribution in [0.15, 0.2) is 56.9 Å². The van der Waals surface area contributed by atoms with Crippen LogP contribution in [0.2, 0.25) is 0 Å². The van der Waals surface area contributed by atoms with Crippen LogP contribution in [0, 0.1) is 0 Å². The normalized spacial score (nSPS) is 15.1. The van der Waals surface area contributed by atoms with Crippen LogP contribution in [-0.4, -0.2) is 47.5 Å². The van der Waals surface area contributed by atoms with E-state index in [0.717, 1.165) is 43.4 Å². The van der Waals surface area contributed by atoms with Crippen molar-refractivity contribution in [1.82, 2.24) is 24.1 Å². The maximum atomic E-state index is 13.5. The summed E-state index contributed by atoms with van der Waals surface area (Å²) in [7, 11) is 0. The van der Waals surface area contributed by atoms with E-state index in [0.29, 0.717) is 57.6 Å². The van der Waals surface area contributed by atoms with Crippen LogP contribution in [0.4, 0.5) is 5.82 Å². The molecule has 0 spiro atoms. The highest BCUT2D eigenvalue weighted by atomic mass is 79.9. The van der Waals surface area contributed by atoms with Gasteiger partial charge in [-0.3, -0.25) is 23.6 Å². The van der Waals surface area contributed by atoms with Crippen LogP contribution in [0.25, 0.3) is 22.3 Å². The first-order chi connectivity index (χ1) is 19.4. The van der Waals surface area contributed by atoms with Crippen LogP contribution in [0.1, 0.15) is 56.3 Å². The Balaban J connectivity index is 1.50. The van der Waals surface area contributed by atoms with Crippen molar-refractivity contribution < 1.29 is 4.79 Å². The number of fused-ring (bicyclic) bond motifs is 1. The van der Waals surface area contributed by atoms with Crippen LogP contribution >= 0.6 is 27.7 Å². The largest absolute Gasteiger partial charge is 0.349 e. The van der Waals surface area contributed by atoms with Gasteiger partial charge in [0.25, 0.3) is 11.5 Å². The summed E-state index contributed by atoms with van der Waals surface area (Å²) >= 11 is 5.22. The summed E-state index contributed by atoms with van der Waals surface area (Å²) in [6.07, 6.45) is 7.92. The van der Waals surface area contributed by atoms with Gasteiger partial charge in [-0.1, -0.05) is 20.3 Å². The van der Waals surface area contributed by atoms with E-state index in [1.807, 2.05) is 43.8 Å². The minimum Gasteiger partial charge on any atom is -0.349 e. The van der Waals surface area contributed by atoms with E-state index in [2.05, 4.69) is 30.9 Å². The molecule has 210 valence electrons. The van der Waals surface area contributed by atoms with E-state index in [4.69, 9.17) is 0 Å². The molecule has 11 heteroatoms. The Morgan fingerprint density at radius 1 is 1.10 bits per heavy atom. The number of aryl methyl sites for hydroxylation is 1. The summed E-state index contributed by atoms with van der Waals surface area (Å²) in [5, 5.41) is 0.354. The predicted octanol–water partition coefficient (Wildman–Crippen LogP) is 5.46. The number of anilines is 1. The van der Waals surface area contributed by atoms with Crippen LogP contribution < -0.4 is 16.1 Å². The van der Waals surface area contributed by atoms with Gasteiger partial charge in [0.15, 0.2) is 0 Å². The van der Waals surface area contributed by atoms with Gasteiger partial charge in [-0.15, -0.1) is 0 Å². The Hall–Kier alpha value is -3.18. The fourth-order valence-electron chi connectivity index (χ4n) is 5.03. The van der Waals surface area contributed by atoms with Crippen molar-refractivity contribution in [1.29, 1.82) is 0 Å². The Bertz CT molecular complexity index is 1600. The number of pyridine rings is 2. The lowest BCUT2D eigenvalue weighted by Crippen LogP contribution is -2.40. The summed E-state index contributed by atoms with van der Waals surface area (Å²) in [5.74, 6) is 1.52. The molecule has 0 radical (unpaired) electrons. The van der Waals surface area contributed by atoms with E-state index in [-0.39, 0.29) is 17.2 Å². The first-order valence-electron chi connectivity index (χ1n) is 13.8. The van der Waals surface area contributed by atoms with Crippen molar-refractivity contribution in [2.24, 2.45) is 0 Å². The van der Waals surface area contributed by atoms with Crippen LogP contribution in [0.3, 0.4) is 0 Å². The summed E-state index contributed by atoms with van der Waals surface area (Å²) in [5.41, 5.74) is 2.41. The van der Waals surface area contributed by atoms with Crippen LogP contribution in [0.5, 0.6) is 0 Å². The molecule has 0 aromatic carbocycles. The third-order valence-corrected chi connectivity index (χ3v) is 9.01. The zero-order valence-electron chi connectivity index (χ0n) is 22.7. The summed E-state index contributed by atoms with van der Waals surface area (Å²) < 4.78 is 3.69. The van der Waals surface area contributed by atoms with E-state index in [1.165, 1.54) is 4.57 Å². The highest BCUT2D eigenvalue weighted by Crippen LogP contribution is 2.30. The number of H-pyrrole nitrogens is 1. The van der Waals surface area contributed by atoms with Gasteiger partial charge in [-0.05, 0) is 77.7 Å². The fraction of sp³-hybridized carbons (Fsp3) is 0.414. The molecule has 1 amide bonds. The van der Waals surface area contributed by atoms with Crippen molar-refractivity contribution in [2.45, 2.75) is 64.3 Å². The molecule has 1 aliphatic rings. The molecule has 5 heterocycles. The molecule has 1 atom stereocenters. The molecule has 4 aromatic heterocycles. The molecule has 40 heavy (non-hydrogen) atoms. The molecule has 4 aromatic rings. The highest BCUT2D eigenvalue weighted by molar-refractivity contribution is 9.10. The van der Waals surface area contributed by atoms with Crippen molar-refractivity contribution in [2.75, 3.05) is 17.2 Å². The van der Waals surface area contributed by atoms with Gasteiger partial charge in [0, 0.05) is 48.5 Å². The predicted molar refractivity (Wildman–Crippen MR) is 164 cm³/mol. The molecular formula is C29H33BrN6O3S. The molecule has 0 bridgehead atoms. The highest BCUT2D eigenvalue weighted by Gasteiger charge is 2.26. The first-order valence-corrected chi connectivity index (χ1v) is 15.6. The summed E-state index contributed by atoms with van der Waals surface area (Å²) in [6, 6.07) is 9.10. The standard InChI is InChI=1S/C29H33BrN6O3S/c1-3-5-13-35-28(38)26-23(34(12-4-2)29(35)39)15-22(33-26)19-9-11-25(32-16-19)36(18-21-7-6-14-40-21)27(37)20-8-10-24(30)31-17-20/h8-11,15-17,21,33H,3-7,12-14,18H2,1-2H3. The smallest absolute Gasteiger partial charge is 0.331 e. The molecule has 1 N–H and O–H groups in total. The number of unbranched alkanes of at least 4 members (excludes halogenated alkanes) is 1. The van der Waals surface area contributed by atoms with E-state index in [1.54, 1.807) is 34.0 Å². The van der Waals surface area contributed by atoms with Gasteiger partial charge in [0.1, 0.15) is 15.9 Å². The maximum absolute atomic E-state index is 13.5. The lowest BCUT2D eigenvalue weighted by Gasteiger charge is -2.24. The lowest BCUT2D eigenvalue weighted by atomic mass is 10.2. The molecular weight excluding hydrogens is 592 g/mol. The molecule has 1 fully saturated rings. The molecule has 1 unspecified atom stereocenters. The van der Waals surface area contributed by atoms with Crippen LogP contribution in [-0.2, 0) is 13.1 Å². The third-order valence-electron chi connectivity index (χ3n) is 7.16. The minimum atomic E-state index is -0.300. The van der Waals surface area contributed by atoms with Gasteiger partial charge in [0.05, 0.1) is 11.1 Å². The average molecular weight is 626 g/mol. The zero-order chi connectivity index (χ0) is 28.2. The van der Waals surface area contributed by atoms with Crippen molar-refractivity contribution in [3.63, 3.8) is 0 Å². The fourth-order valence-corrected chi connectivity index (χ4v) is 6.52. The van der Waals surface area contributed by atoms with E-state index in [9.17, 15) is 14.4 Å². The second-order valence-electron chi connectivity index (χ2n) is 10.0. The number of amides is 1. The van der Waals surface area contributed by atoms with Gasteiger partial charge in [-0.25, -0.2) is 14.8 Å². The molecule has 1 saturated heterocycles. The summed E-state index contributed by atoms with van der Waals surface area (Å²) in [4.78, 5) is 53.8. The lowest BCUT2D eigenvalue weighted by molar-refractivity contribution is 0.0985. The van der Waals surface area contributed by atoms with E-state index < -0.39 is 0 Å². The molecule has 5 rings (SSSR count). The number of halogens is 1. The summed E-state index contributed by atoms with van der Waals surface area (Å²) in [6.45, 7) is 5.54. The quantitative estimate of drug-likeness (QED) is 0.235. The number of aromatic amines is 1. The number of nitrogens with zero attached hydrogens (tertiary/aromatic N) is 5. The second-order valence-corrected chi connectivity index (χ2v) is 12.2. The van der Waals surface area contributed by atoms with Crippen molar-refractivity contribution >= 4 is 50.5 Å². The molecule has 0 aliphatic carbocycles. The second kappa shape index (κ2) is 12.6. The Labute approximate surface area is 245 Å². The molecule has 0 saturated carbocycles. The van der Waals surface area contributed by atoms with Crippen molar-refractivity contribution in [3.8, 4) is 11.3 Å². The van der Waals surface area contributed by atoms with Crippen molar-refractivity contribution in [3.05, 3.63) is 73.7 Å². The number of aromatic nitrogens is 5. The number of hydrogen-bond acceptors (Lipinski definition) is 6. The number of carbonyl (C=O) groups is 1. The number of thioether (sulfide) groups is 1. The minimum absolute atomic E-state index is 0.144. The average Bonchev–Trinajstić information content (AvgIpc) is 3.65. The molecule has 9 nitrogen and oxygen atoms in total.